The molecule has 0 unspecified atom stereocenters. The summed E-state index contributed by atoms with van der Waals surface area (Å²) in [6, 6.07) is 5.04. The predicted molar refractivity (Wildman–Crippen MR) is 79.8 cm³/mol. The number of rotatable bonds is 6. The molecule has 9 heteroatoms. The van der Waals surface area contributed by atoms with Crippen molar-refractivity contribution in [3.63, 3.8) is 0 Å². The Labute approximate surface area is 124 Å². The first kappa shape index (κ1) is 15.1. The number of anilines is 1. The summed E-state index contributed by atoms with van der Waals surface area (Å²) >= 11 is 1.08. The van der Waals surface area contributed by atoms with E-state index >= 15 is 0 Å². The molecule has 0 saturated heterocycles. The highest BCUT2D eigenvalue weighted by atomic mass is 32.2. The van der Waals surface area contributed by atoms with Crippen LogP contribution in [0.25, 0.3) is 0 Å². The van der Waals surface area contributed by atoms with Gasteiger partial charge in [-0.1, -0.05) is 13.0 Å². The Morgan fingerprint density at radius 2 is 2.29 bits per heavy atom. The van der Waals surface area contributed by atoms with Crippen LogP contribution in [0.1, 0.15) is 13.3 Å². The van der Waals surface area contributed by atoms with E-state index in [-0.39, 0.29) is 11.4 Å². The van der Waals surface area contributed by atoms with Gasteiger partial charge in [-0.2, -0.15) is 0 Å². The quantitative estimate of drug-likeness (QED) is 0.624. The van der Waals surface area contributed by atoms with Crippen molar-refractivity contribution < 1.29 is 4.92 Å². The van der Waals surface area contributed by atoms with E-state index in [4.69, 9.17) is 0 Å². The van der Waals surface area contributed by atoms with E-state index in [0.29, 0.717) is 22.3 Å². The molecule has 0 fully saturated rings. The van der Waals surface area contributed by atoms with Crippen molar-refractivity contribution in [3.8, 4) is 0 Å². The molecule has 0 atom stereocenters. The predicted octanol–water partition coefficient (Wildman–Crippen LogP) is 1.99. The number of nitrogens with one attached hydrogen (secondary N) is 2. The van der Waals surface area contributed by atoms with Crippen LogP contribution in [-0.4, -0.2) is 26.2 Å². The molecule has 1 heterocycles. The number of hydrogen-bond donors (Lipinski definition) is 2. The van der Waals surface area contributed by atoms with Crippen molar-refractivity contribution in [3.05, 3.63) is 38.8 Å². The lowest BCUT2D eigenvalue weighted by atomic mass is 10.2. The van der Waals surface area contributed by atoms with Crippen LogP contribution in [0, 0.1) is 10.1 Å². The molecule has 1 aromatic heterocycles. The molecule has 21 heavy (non-hydrogen) atoms. The lowest BCUT2D eigenvalue weighted by Crippen LogP contribution is -2.12. The fraction of sp³-hybridized carbons (Fsp3) is 0.333. The number of benzene rings is 1. The molecule has 1 aromatic carbocycles. The molecule has 0 saturated carbocycles. The van der Waals surface area contributed by atoms with E-state index in [1.165, 1.54) is 4.57 Å². The van der Waals surface area contributed by atoms with Crippen LogP contribution in [0.5, 0.6) is 0 Å². The summed E-state index contributed by atoms with van der Waals surface area (Å²) in [5.74, 6) is 0. The van der Waals surface area contributed by atoms with Crippen molar-refractivity contribution in [1.82, 2.24) is 14.8 Å². The van der Waals surface area contributed by atoms with E-state index in [1.54, 1.807) is 25.2 Å². The van der Waals surface area contributed by atoms with Gasteiger partial charge in [-0.3, -0.25) is 14.7 Å². The third-order valence-electron chi connectivity index (χ3n) is 2.79. The average molecular weight is 309 g/mol. The highest BCUT2D eigenvalue weighted by Crippen LogP contribution is 2.38. The second-order valence-electron chi connectivity index (χ2n) is 4.31. The monoisotopic (exact) mass is 309 g/mol. The Balaban J connectivity index is 2.40. The van der Waals surface area contributed by atoms with E-state index in [2.05, 4.69) is 15.5 Å². The maximum Gasteiger partial charge on any atom is 0.343 e. The molecule has 0 amide bonds. The van der Waals surface area contributed by atoms with E-state index < -0.39 is 4.92 Å². The van der Waals surface area contributed by atoms with E-state index in [1.807, 2.05) is 6.92 Å². The number of nitro benzene ring substituents is 1. The highest BCUT2D eigenvalue weighted by Gasteiger charge is 2.21. The molecule has 2 N–H and O–H groups in total. The number of nitrogens with zero attached hydrogens (tertiary/aromatic N) is 3. The molecular weight excluding hydrogens is 294 g/mol. The van der Waals surface area contributed by atoms with Gasteiger partial charge in [0.25, 0.3) is 0 Å². The van der Waals surface area contributed by atoms with Crippen LogP contribution < -0.4 is 11.0 Å². The summed E-state index contributed by atoms with van der Waals surface area (Å²) in [7, 11) is 1.55. The molecule has 112 valence electrons. The van der Waals surface area contributed by atoms with Gasteiger partial charge in [0, 0.05) is 13.6 Å². The van der Waals surface area contributed by atoms with Gasteiger partial charge in [0.2, 0.25) is 0 Å². The summed E-state index contributed by atoms with van der Waals surface area (Å²) in [6.07, 6.45) is 0.863. The molecule has 8 nitrogen and oxygen atoms in total. The second-order valence-corrected chi connectivity index (χ2v) is 5.32. The number of aromatic nitrogens is 3. The van der Waals surface area contributed by atoms with Gasteiger partial charge in [-0.25, -0.2) is 9.89 Å². The van der Waals surface area contributed by atoms with Gasteiger partial charge in [0.05, 0.1) is 9.82 Å². The van der Waals surface area contributed by atoms with Crippen molar-refractivity contribution in [1.29, 1.82) is 0 Å². The first-order valence-corrected chi connectivity index (χ1v) is 7.16. The SMILES string of the molecule is CCCNc1cccc(Sc2n[nH]c(=O)n2C)c1[N+](=O)[O-]. The Morgan fingerprint density at radius 3 is 2.86 bits per heavy atom. The molecule has 2 aromatic rings. The Hall–Kier alpha value is -2.29. The molecule has 0 bridgehead atoms. The molecule has 0 aliphatic rings. The normalized spacial score (nSPS) is 10.6. The summed E-state index contributed by atoms with van der Waals surface area (Å²) in [5, 5.41) is 20.9. The lowest BCUT2D eigenvalue weighted by molar-refractivity contribution is -0.386. The van der Waals surface area contributed by atoms with Crippen LogP contribution in [0.3, 0.4) is 0 Å². The standard InChI is InChI=1S/C12H15N5O3S/c1-3-7-13-8-5-4-6-9(10(8)17(19)20)21-12-15-14-11(18)16(12)2/h4-6,13H,3,7H2,1-2H3,(H,14,18). The minimum Gasteiger partial charge on any atom is -0.379 e. The smallest absolute Gasteiger partial charge is 0.343 e. The zero-order valence-corrected chi connectivity index (χ0v) is 12.4. The fourth-order valence-electron chi connectivity index (χ4n) is 1.72. The minimum absolute atomic E-state index is 0.00796. The van der Waals surface area contributed by atoms with Gasteiger partial charge >= 0.3 is 11.4 Å². The fourth-order valence-corrected chi connectivity index (χ4v) is 2.65. The van der Waals surface area contributed by atoms with Crippen molar-refractivity contribution in [2.75, 3.05) is 11.9 Å². The topological polar surface area (TPSA) is 106 Å². The summed E-state index contributed by atoms with van der Waals surface area (Å²) < 4.78 is 1.31. The lowest BCUT2D eigenvalue weighted by Gasteiger charge is -2.08. The number of hydrogen-bond acceptors (Lipinski definition) is 6. The van der Waals surface area contributed by atoms with Gasteiger partial charge in [0.15, 0.2) is 5.16 Å². The summed E-state index contributed by atoms with van der Waals surface area (Å²) in [6.45, 7) is 2.63. The Bertz CT molecular complexity index is 709. The first-order valence-electron chi connectivity index (χ1n) is 6.35. The zero-order valence-electron chi connectivity index (χ0n) is 11.6. The maximum absolute atomic E-state index is 11.3. The van der Waals surface area contributed by atoms with Gasteiger partial charge < -0.3 is 5.32 Å². The third kappa shape index (κ3) is 3.24. The van der Waals surface area contributed by atoms with Crippen LogP contribution in [0.2, 0.25) is 0 Å². The van der Waals surface area contributed by atoms with Crippen LogP contribution in [0.15, 0.2) is 33.0 Å². The maximum atomic E-state index is 11.3. The zero-order chi connectivity index (χ0) is 15.4. The molecule has 0 radical (unpaired) electrons. The molecule has 0 aliphatic carbocycles. The largest absolute Gasteiger partial charge is 0.379 e. The second kappa shape index (κ2) is 6.44. The van der Waals surface area contributed by atoms with Crippen molar-refractivity contribution in [2.45, 2.75) is 23.4 Å². The summed E-state index contributed by atoms with van der Waals surface area (Å²) in [4.78, 5) is 22.7. The molecule has 0 spiro atoms. The first-order chi connectivity index (χ1) is 10.0. The Kier molecular flexibility index (Phi) is 4.63. The summed E-state index contributed by atoms with van der Waals surface area (Å²) in [5.41, 5.74) is 0.0965. The average Bonchev–Trinajstić information content (AvgIpc) is 2.77. The Morgan fingerprint density at radius 1 is 1.52 bits per heavy atom. The van der Waals surface area contributed by atoms with Crippen LogP contribution in [0.4, 0.5) is 11.4 Å². The highest BCUT2D eigenvalue weighted by molar-refractivity contribution is 7.99. The van der Waals surface area contributed by atoms with E-state index in [0.717, 1.165) is 18.2 Å². The minimum atomic E-state index is -0.426. The number of aromatic amines is 1. The van der Waals surface area contributed by atoms with E-state index in [9.17, 15) is 14.9 Å². The molecular formula is C12H15N5O3S. The van der Waals surface area contributed by atoms with Crippen LogP contribution >= 0.6 is 11.8 Å². The molecule has 2 rings (SSSR count). The number of para-hydroxylation sites is 1. The van der Waals surface area contributed by atoms with Gasteiger partial charge in [-0.15, -0.1) is 5.10 Å². The number of nitro groups is 1. The van der Waals surface area contributed by atoms with Crippen molar-refractivity contribution in [2.24, 2.45) is 7.05 Å². The van der Waals surface area contributed by atoms with Crippen LogP contribution in [-0.2, 0) is 7.05 Å². The van der Waals surface area contributed by atoms with Gasteiger partial charge in [-0.05, 0) is 30.3 Å². The van der Waals surface area contributed by atoms with Crippen molar-refractivity contribution >= 4 is 23.1 Å². The third-order valence-corrected chi connectivity index (χ3v) is 3.88. The number of H-pyrrole nitrogens is 1. The molecule has 0 aliphatic heterocycles. The van der Waals surface area contributed by atoms with Gasteiger partial charge in [0.1, 0.15) is 5.69 Å².